The quantitative estimate of drug-likeness (QED) is 0.418. The van der Waals surface area contributed by atoms with Gasteiger partial charge in [-0.1, -0.05) is 35.5 Å². The molecular formula is C21H21ClN4O3S. The minimum absolute atomic E-state index is 0.0210. The van der Waals surface area contributed by atoms with E-state index in [4.69, 9.17) is 16.3 Å². The molecule has 1 unspecified atom stereocenters. The maximum Gasteiger partial charge on any atom is 0.253 e. The average molecular weight is 445 g/mol. The zero-order valence-corrected chi connectivity index (χ0v) is 18.3. The third-order valence-electron chi connectivity index (χ3n) is 4.47. The standard InChI is InChI=1S/C21H21ClN4O3S/c1-13(23-20(28)16-6-4-5-7-17(16)22)19-24-25-21(26(19)2)30-12-18(27)14-8-10-15(29-3)11-9-14/h4-11,13H,12H2,1-3H3,(H,23,28). The molecule has 1 atom stereocenters. The van der Waals surface area contributed by atoms with E-state index >= 15 is 0 Å². The van der Waals surface area contributed by atoms with E-state index in [0.717, 1.165) is 0 Å². The second-order valence-corrected chi connectivity index (χ2v) is 7.86. The van der Waals surface area contributed by atoms with Crippen LogP contribution in [0.15, 0.2) is 53.7 Å². The number of Topliss-reactive ketones (excluding diaryl/α,β-unsaturated/α-hetero) is 1. The van der Waals surface area contributed by atoms with Crippen molar-refractivity contribution in [2.75, 3.05) is 12.9 Å². The number of hydrogen-bond acceptors (Lipinski definition) is 6. The van der Waals surface area contributed by atoms with E-state index in [1.807, 2.05) is 6.92 Å². The van der Waals surface area contributed by atoms with Crippen molar-refractivity contribution < 1.29 is 14.3 Å². The Balaban J connectivity index is 1.62. The molecule has 1 N–H and O–H groups in total. The molecule has 9 heteroatoms. The molecule has 3 rings (SSSR count). The lowest BCUT2D eigenvalue weighted by molar-refractivity contribution is 0.0937. The Morgan fingerprint density at radius 2 is 1.87 bits per heavy atom. The van der Waals surface area contributed by atoms with Gasteiger partial charge in [-0.15, -0.1) is 10.2 Å². The van der Waals surface area contributed by atoms with E-state index in [0.29, 0.717) is 32.9 Å². The van der Waals surface area contributed by atoms with Crippen molar-refractivity contribution in [3.05, 3.63) is 70.5 Å². The molecule has 156 valence electrons. The molecule has 7 nitrogen and oxygen atoms in total. The summed E-state index contributed by atoms with van der Waals surface area (Å²) in [5.41, 5.74) is 0.999. The Morgan fingerprint density at radius 3 is 2.53 bits per heavy atom. The van der Waals surface area contributed by atoms with Gasteiger partial charge in [-0.25, -0.2) is 0 Å². The zero-order valence-electron chi connectivity index (χ0n) is 16.8. The molecule has 1 amide bonds. The van der Waals surface area contributed by atoms with Gasteiger partial charge in [0.1, 0.15) is 5.75 Å². The van der Waals surface area contributed by atoms with Crippen LogP contribution in [-0.2, 0) is 7.05 Å². The number of rotatable bonds is 8. The number of amides is 1. The molecule has 0 aliphatic carbocycles. The van der Waals surface area contributed by atoms with Gasteiger partial charge in [0, 0.05) is 12.6 Å². The number of thioether (sulfide) groups is 1. The molecular weight excluding hydrogens is 424 g/mol. The highest BCUT2D eigenvalue weighted by molar-refractivity contribution is 7.99. The fraction of sp³-hybridized carbons (Fsp3) is 0.238. The summed E-state index contributed by atoms with van der Waals surface area (Å²) in [4.78, 5) is 24.9. The number of methoxy groups -OCH3 is 1. The van der Waals surface area contributed by atoms with Crippen molar-refractivity contribution in [2.45, 2.75) is 18.1 Å². The summed E-state index contributed by atoms with van der Waals surface area (Å²) >= 11 is 7.38. The van der Waals surface area contributed by atoms with Crippen LogP contribution in [0.1, 0.15) is 39.5 Å². The number of carbonyl (C=O) groups is 2. The van der Waals surface area contributed by atoms with Crippen LogP contribution >= 0.6 is 23.4 Å². The summed E-state index contributed by atoms with van der Waals surface area (Å²) in [6.45, 7) is 1.82. The molecule has 0 radical (unpaired) electrons. The summed E-state index contributed by atoms with van der Waals surface area (Å²) in [6, 6.07) is 13.4. The Bertz CT molecular complexity index is 1050. The first-order valence-corrected chi connectivity index (χ1v) is 10.5. The van der Waals surface area contributed by atoms with Crippen molar-refractivity contribution in [2.24, 2.45) is 7.05 Å². The highest BCUT2D eigenvalue weighted by Gasteiger charge is 2.20. The molecule has 3 aromatic rings. The van der Waals surface area contributed by atoms with Crippen LogP contribution < -0.4 is 10.1 Å². The molecule has 2 aromatic carbocycles. The molecule has 0 bridgehead atoms. The molecule has 0 aliphatic rings. The molecule has 0 aliphatic heterocycles. The van der Waals surface area contributed by atoms with Gasteiger partial charge in [-0.3, -0.25) is 9.59 Å². The van der Waals surface area contributed by atoms with Gasteiger partial charge < -0.3 is 14.6 Å². The Labute approximate surface area is 183 Å². The van der Waals surface area contributed by atoms with Gasteiger partial charge in [0.15, 0.2) is 16.8 Å². The van der Waals surface area contributed by atoms with Crippen LogP contribution in [0.4, 0.5) is 0 Å². The van der Waals surface area contributed by atoms with Crippen LogP contribution in [0.2, 0.25) is 5.02 Å². The Kier molecular flexibility index (Phi) is 7.12. The van der Waals surface area contributed by atoms with Crippen molar-refractivity contribution in [1.82, 2.24) is 20.1 Å². The fourth-order valence-electron chi connectivity index (χ4n) is 2.80. The van der Waals surface area contributed by atoms with Crippen molar-refractivity contribution in [3.63, 3.8) is 0 Å². The number of benzene rings is 2. The predicted octanol–water partition coefficient (Wildman–Crippen LogP) is 3.94. The molecule has 0 saturated heterocycles. The topological polar surface area (TPSA) is 86.1 Å². The predicted molar refractivity (Wildman–Crippen MR) is 116 cm³/mol. The molecule has 0 fully saturated rings. The van der Waals surface area contributed by atoms with E-state index < -0.39 is 6.04 Å². The van der Waals surface area contributed by atoms with Crippen LogP contribution in [0.5, 0.6) is 5.75 Å². The number of ether oxygens (including phenoxy) is 1. The number of halogens is 1. The van der Waals surface area contributed by atoms with Gasteiger partial charge in [-0.05, 0) is 43.3 Å². The van der Waals surface area contributed by atoms with Crippen LogP contribution in [-0.4, -0.2) is 39.3 Å². The first-order chi connectivity index (χ1) is 14.4. The van der Waals surface area contributed by atoms with Crippen LogP contribution in [0.3, 0.4) is 0 Å². The Morgan fingerprint density at radius 1 is 1.17 bits per heavy atom. The highest BCUT2D eigenvalue weighted by Crippen LogP contribution is 2.22. The van der Waals surface area contributed by atoms with E-state index in [2.05, 4.69) is 15.5 Å². The summed E-state index contributed by atoms with van der Waals surface area (Å²) in [5.74, 6) is 1.19. The maximum atomic E-state index is 12.5. The largest absolute Gasteiger partial charge is 0.497 e. The minimum Gasteiger partial charge on any atom is -0.497 e. The van der Waals surface area contributed by atoms with Gasteiger partial charge >= 0.3 is 0 Å². The molecule has 1 aromatic heterocycles. The second kappa shape index (κ2) is 9.77. The minimum atomic E-state index is -0.391. The van der Waals surface area contributed by atoms with Crippen molar-refractivity contribution >= 4 is 35.1 Å². The lowest BCUT2D eigenvalue weighted by atomic mass is 10.1. The summed E-state index contributed by atoms with van der Waals surface area (Å²) < 4.78 is 6.87. The van der Waals surface area contributed by atoms with Crippen LogP contribution in [0, 0.1) is 0 Å². The molecule has 30 heavy (non-hydrogen) atoms. The van der Waals surface area contributed by atoms with Gasteiger partial charge in [0.2, 0.25) is 0 Å². The maximum absolute atomic E-state index is 12.5. The molecule has 1 heterocycles. The van der Waals surface area contributed by atoms with E-state index in [9.17, 15) is 9.59 Å². The van der Waals surface area contributed by atoms with E-state index in [1.54, 1.807) is 67.3 Å². The highest BCUT2D eigenvalue weighted by atomic mass is 35.5. The van der Waals surface area contributed by atoms with E-state index in [1.165, 1.54) is 11.8 Å². The number of ketones is 1. The summed E-state index contributed by atoms with van der Waals surface area (Å²) in [5, 5.41) is 12.2. The van der Waals surface area contributed by atoms with Gasteiger partial charge in [-0.2, -0.15) is 0 Å². The first-order valence-electron chi connectivity index (χ1n) is 9.15. The molecule has 0 spiro atoms. The summed E-state index contributed by atoms with van der Waals surface area (Å²) in [6.07, 6.45) is 0. The third kappa shape index (κ3) is 5.01. The lowest BCUT2D eigenvalue weighted by Gasteiger charge is -2.14. The lowest BCUT2D eigenvalue weighted by Crippen LogP contribution is -2.28. The zero-order chi connectivity index (χ0) is 21.7. The normalized spacial score (nSPS) is 11.7. The number of nitrogens with one attached hydrogen (secondary N) is 1. The average Bonchev–Trinajstić information content (AvgIpc) is 3.12. The SMILES string of the molecule is COc1ccc(C(=O)CSc2nnc(C(C)NC(=O)c3ccccc3Cl)n2C)cc1. The number of hydrogen-bond donors (Lipinski definition) is 1. The number of aromatic nitrogens is 3. The van der Waals surface area contributed by atoms with Gasteiger partial charge in [0.05, 0.1) is 29.5 Å². The number of carbonyl (C=O) groups excluding carboxylic acids is 2. The third-order valence-corrected chi connectivity index (χ3v) is 5.82. The number of nitrogens with zero attached hydrogens (tertiary/aromatic N) is 3. The van der Waals surface area contributed by atoms with Crippen molar-refractivity contribution in [1.29, 1.82) is 0 Å². The van der Waals surface area contributed by atoms with E-state index in [-0.39, 0.29) is 17.4 Å². The fourth-order valence-corrected chi connectivity index (χ4v) is 3.84. The summed E-state index contributed by atoms with van der Waals surface area (Å²) in [7, 11) is 3.38. The first kappa shape index (κ1) is 21.9. The van der Waals surface area contributed by atoms with Gasteiger partial charge in [0.25, 0.3) is 5.91 Å². The Hall–Kier alpha value is -2.84. The second-order valence-electron chi connectivity index (χ2n) is 6.52. The molecule has 0 saturated carbocycles. The van der Waals surface area contributed by atoms with Crippen molar-refractivity contribution in [3.8, 4) is 5.75 Å². The smallest absolute Gasteiger partial charge is 0.253 e. The monoisotopic (exact) mass is 444 g/mol. The van der Waals surface area contributed by atoms with Crippen LogP contribution in [0.25, 0.3) is 0 Å².